The number of methoxy groups -OCH3 is 1. The Labute approximate surface area is 272 Å². The number of rotatable bonds is 14. The van der Waals surface area contributed by atoms with Gasteiger partial charge in [-0.25, -0.2) is 10.2 Å². The predicted molar refractivity (Wildman–Crippen MR) is 173 cm³/mol. The van der Waals surface area contributed by atoms with Crippen LogP contribution in [0.1, 0.15) is 31.9 Å². The maximum absolute atomic E-state index is 13.2. The predicted octanol–water partition coefficient (Wildman–Crippen LogP) is 2.48. The summed E-state index contributed by atoms with van der Waals surface area (Å²) in [5.41, 5.74) is 3.30. The number of hydrazone groups is 1. The van der Waals surface area contributed by atoms with E-state index in [1.807, 2.05) is 6.07 Å². The molecule has 0 saturated carbocycles. The number of aliphatic hydroxyl groups excluding tert-OH is 1. The number of carbonyl (C=O) groups is 4. The van der Waals surface area contributed by atoms with Crippen molar-refractivity contribution in [2.75, 3.05) is 25.6 Å². The zero-order valence-electron chi connectivity index (χ0n) is 26.5. The van der Waals surface area contributed by atoms with Crippen LogP contribution in [0.3, 0.4) is 0 Å². The van der Waals surface area contributed by atoms with E-state index in [1.165, 1.54) is 25.5 Å². The minimum absolute atomic E-state index is 0.00430. The molecule has 0 aromatic heterocycles. The first-order valence-corrected chi connectivity index (χ1v) is 14.5. The van der Waals surface area contributed by atoms with Crippen LogP contribution in [0, 0.1) is 0 Å². The van der Waals surface area contributed by atoms with Gasteiger partial charge in [-0.3, -0.25) is 14.4 Å². The van der Waals surface area contributed by atoms with E-state index >= 15 is 0 Å². The number of amides is 4. The third-order valence-corrected chi connectivity index (χ3v) is 6.19. The summed E-state index contributed by atoms with van der Waals surface area (Å²) in [7, 11) is 1.43. The molecule has 0 spiro atoms. The topological polar surface area (TPSA) is 197 Å². The summed E-state index contributed by atoms with van der Waals surface area (Å²) in [6, 6.07) is 17.2. The molecule has 14 nitrogen and oxygen atoms in total. The quantitative estimate of drug-likeness (QED) is 0.112. The molecular formula is C33H39N5O9. The molecule has 0 aliphatic heterocycles. The van der Waals surface area contributed by atoms with Gasteiger partial charge in [0.2, 0.25) is 5.91 Å². The number of benzene rings is 3. The van der Waals surface area contributed by atoms with Gasteiger partial charge in [0.1, 0.15) is 23.4 Å². The third kappa shape index (κ3) is 12.4. The van der Waals surface area contributed by atoms with Crippen molar-refractivity contribution in [2.45, 2.75) is 44.9 Å². The van der Waals surface area contributed by atoms with Gasteiger partial charge < -0.3 is 40.4 Å². The molecule has 3 rings (SSSR count). The van der Waals surface area contributed by atoms with Crippen molar-refractivity contribution in [1.29, 1.82) is 0 Å². The van der Waals surface area contributed by atoms with Crippen LogP contribution in [0.2, 0.25) is 0 Å². The zero-order chi connectivity index (χ0) is 34.4. The smallest absolute Gasteiger partial charge is 0.408 e. The highest BCUT2D eigenvalue weighted by Crippen LogP contribution is 2.27. The zero-order valence-corrected chi connectivity index (χ0v) is 26.5. The van der Waals surface area contributed by atoms with Crippen LogP contribution in [0.25, 0.3) is 0 Å². The van der Waals surface area contributed by atoms with E-state index in [1.54, 1.807) is 75.4 Å². The van der Waals surface area contributed by atoms with Crippen molar-refractivity contribution in [3.63, 3.8) is 0 Å². The summed E-state index contributed by atoms with van der Waals surface area (Å²) >= 11 is 0. The van der Waals surface area contributed by atoms with Crippen LogP contribution in [-0.4, -0.2) is 78.3 Å². The highest BCUT2D eigenvalue weighted by Gasteiger charge is 2.28. The molecule has 3 aromatic rings. The molecule has 14 heteroatoms. The maximum atomic E-state index is 13.2. The molecule has 0 fully saturated rings. The first-order chi connectivity index (χ1) is 22.4. The second kappa shape index (κ2) is 17.2. The lowest BCUT2D eigenvalue weighted by molar-refractivity contribution is -0.130. The monoisotopic (exact) mass is 649 g/mol. The highest BCUT2D eigenvalue weighted by molar-refractivity contribution is 5.93. The molecule has 0 bridgehead atoms. The summed E-state index contributed by atoms with van der Waals surface area (Å²) in [5.74, 6) is -1.24. The number of para-hydroxylation sites is 1. The maximum Gasteiger partial charge on any atom is 0.408 e. The van der Waals surface area contributed by atoms with Gasteiger partial charge >= 0.3 is 6.09 Å². The van der Waals surface area contributed by atoms with Crippen LogP contribution in [0.5, 0.6) is 17.2 Å². The van der Waals surface area contributed by atoms with E-state index in [0.717, 1.165) is 0 Å². The molecule has 0 aliphatic carbocycles. The SMILES string of the molecule is COc1cc(/C=N\NC(=O)[C@H](Cc2ccc(O)cc2)NC(=O)[C@H](CO)NC(=O)OC(C)(C)C)ccc1OCC(=O)Nc1ccccc1. The normalized spacial score (nSPS) is 12.4. The highest BCUT2D eigenvalue weighted by atomic mass is 16.6. The van der Waals surface area contributed by atoms with E-state index in [0.29, 0.717) is 28.3 Å². The van der Waals surface area contributed by atoms with Gasteiger partial charge in [0.25, 0.3) is 11.8 Å². The molecule has 0 aliphatic rings. The molecular weight excluding hydrogens is 610 g/mol. The van der Waals surface area contributed by atoms with Gasteiger partial charge in [0, 0.05) is 12.1 Å². The number of phenolic OH excluding ortho intramolecular Hbond substituents is 1. The Hall–Kier alpha value is -5.63. The molecule has 250 valence electrons. The lowest BCUT2D eigenvalue weighted by Crippen LogP contribution is -2.55. The molecule has 4 amide bonds. The van der Waals surface area contributed by atoms with Gasteiger partial charge in [-0.15, -0.1) is 0 Å². The summed E-state index contributed by atoms with van der Waals surface area (Å²) in [6.07, 6.45) is 0.417. The first-order valence-electron chi connectivity index (χ1n) is 14.5. The molecule has 47 heavy (non-hydrogen) atoms. The minimum Gasteiger partial charge on any atom is -0.508 e. The van der Waals surface area contributed by atoms with Crippen molar-refractivity contribution in [3.05, 3.63) is 83.9 Å². The number of alkyl carbamates (subject to hydrolysis) is 1. The fraction of sp³-hybridized carbons (Fsp3) is 0.303. The molecule has 3 aromatic carbocycles. The van der Waals surface area contributed by atoms with Gasteiger partial charge in [-0.05, 0) is 74.4 Å². The van der Waals surface area contributed by atoms with E-state index in [4.69, 9.17) is 14.2 Å². The van der Waals surface area contributed by atoms with E-state index < -0.39 is 42.2 Å². The van der Waals surface area contributed by atoms with Gasteiger partial charge in [-0.2, -0.15) is 5.10 Å². The Morgan fingerprint density at radius 2 is 1.60 bits per heavy atom. The second-order valence-corrected chi connectivity index (χ2v) is 11.2. The molecule has 2 atom stereocenters. The number of hydrogen-bond donors (Lipinski definition) is 6. The van der Waals surface area contributed by atoms with Crippen LogP contribution in [0.15, 0.2) is 77.9 Å². The average Bonchev–Trinajstić information content (AvgIpc) is 3.03. The van der Waals surface area contributed by atoms with E-state index in [9.17, 15) is 29.4 Å². The summed E-state index contributed by atoms with van der Waals surface area (Å²) in [6.45, 7) is 3.92. The number of ether oxygens (including phenoxy) is 3. The third-order valence-electron chi connectivity index (χ3n) is 6.19. The Bertz CT molecular complexity index is 1540. The summed E-state index contributed by atoms with van der Waals surface area (Å²) in [5, 5.41) is 30.9. The number of hydrogen-bond acceptors (Lipinski definition) is 10. The van der Waals surface area contributed by atoms with Crippen LogP contribution < -0.4 is 30.8 Å². The Kier molecular flexibility index (Phi) is 13.1. The Balaban J connectivity index is 1.66. The number of aliphatic hydroxyl groups is 1. The fourth-order valence-corrected chi connectivity index (χ4v) is 3.99. The Morgan fingerprint density at radius 3 is 2.23 bits per heavy atom. The average molecular weight is 650 g/mol. The number of carbonyl (C=O) groups excluding carboxylic acids is 4. The molecule has 6 N–H and O–H groups in total. The van der Waals surface area contributed by atoms with Crippen molar-refractivity contribution in [1.82, 2.24) is 16.1 Å². The number of phenols is 1. The molecule has 0 unspecified atom stereocenters. The van der Waals surface area contributed by atoms with Gasteiger partial charge in [0.05, 0.1) is 19.9 Å². The number of nitrogens with zero attached hydrogens (tertiary/aromatic N) is 1. The number of anilines is 1. The van der Waals surface area contributed by atoms with Gasteiger partial charge in [-0.1, -0.05) is 30.3 Å². The summed E-state index contributed by atoms with van der Waals surface area (Å²) in [4.78, 5) is 50.6. The standard InChI is InChI=1S/C33H39N5O9/c1-33(2,3)47-32(44)37-26(19-39)30(42)36-25(16-21-10-13-24(40)14-11-21)31(43)38-34-18-22-12-15-27(28(17-22)45-4)46-20-29(41)35-23-8-6-5-7-9-23/h5-15,17-18,25-26,39-40H,16,19-20H2,1-4H3,(H,35,41)(H,36,42)(H,37,44)(H,38,43)/b34-18-/t25-,26-/m0/s1. The fourth-order valence-electron chi connectivity index (χ4n) is 3.99. The van der Waals surface area contributed by atoms with Crippen LogP contribution >= 0.6 is 0 Å². The molecule has 0 saturated heterocycles. The van der Waals surface area contributed by atoms with E-state index in [-0.39, 0.29) is 24.7 Å². The van der Waals surface area contributed by atoms with Crippen molar-refractivity contribution < 1.29 is 43.6 Å². The minimum atomic E-state index is -1.40. The van der Waals surface area contributed by atoms with Gasteiger partial charge in [0.15, 0.2) is 18.1 Å². The second-order valence-electron chi connectivity index (χ2n) is 11.2. The summed E-state index contributed by atoms with van der Waals surface area (Å²) < 4.78 is 16.1. The number of nitrogens with one attached hydrogen (secondary N) is 4. The van der Waals surface area contributed by atoms with Crippen LogP contribution in [0.4, 0.5) is 10.5 Å². The van der Waals surface area contributed by atoms with Crippen molar-refractivity contribution in [3.8, 4) is 17.2 Å². The lowest BCUT2D eigenvalue weighted by Gasteiger charge is -2.24. The molecule has 0 heterocycles. The number of aromatic hydroxyl groups is 1. The lowest BCUT2D eigenvalue weighted by atomic mass is 10.0. The van der Waals surface area contributed by atoms with Crippen molar-refractivity contribution >= 4 is 35.7 Å². The van der Waals surface area contributed by atoms with Crippen molar-refractivity contribution in [2.24, 2.45) is 5.10 Å². The van der Waals surface area contributed by atoms with Crippen LogP contribution in [-0.2, 0) is 25.5 Å². The Morgan fingerprint density at radius 1 is 0.894 bits per heavy atom. The van der Waals surface area contributed by atoms with E-state index in [2.05, 4.69) is 26.5 Å². The molecule has 0 radical (unpaired) electrons. The largest absolute Gasteiger partial charge is 0.508 e. The first kappa shape index (κ1) is 35.8.